The van der Waals surface area contributed by atoms with Crippen molar-refractivity contribution in [1.29, 1.82) is 0 Å². The number of anilines is 1. The Morgan fingerprint density at radius 2 is 2.00 bits per heavy atom. The first-order valence-corrected chi connectivity index (χ1v) is 11.4. The van der Waals surface area contributed by atoms with Gasteiger partial charge in [0.05, 0.1) is 24.4 Å². The lowest BCUT2D eigenvalue weighted by Crippen LogP contribution is -2.41. The van der Waals surface area contributed by atoms with Crippen LogP contribution in [0.2, 0.25) is 0 Å². The molecule has 5 rings (SSSR count). The highest BCUT2D eigenvalue weighted by atomic mass is 16.2. The Hall–Kier alpha value is -3.55. The maximum Gasteiger partial charge on any atom is 0.250 e. The summed E-state index contributed by atoms with van der Waals surface area (Å²) in [5.74, 6) is -0.241. The van der Waals surface area contributed by atoms with E-state index in [1.807, 2.05) is 42.2 Å². The van der Waals surface area contributed by atoms with Crippen LogP contribution >= 0.6 is 0 Å². The Labute approximate surface area is 192 Å². The second-order valence-electron chi connectivity index (χ2n) is 9.25. The van der Waals surface area contributed by atoms with Crippen LogP contribution in [-0.2, 0) is 14.4 Å². The van der Waals surface area contributed by atoms with Gasteiger partial charge in [-0.3, -0.25) is 24.4 Å². The number of nitrogens with one attached hydrogen (secondary N) is 2. The fourth-order valence-corrected chi connectivity index (χ4v) is 5.03. The third-order valence-electron chi connectivity index (χ3n) is 7.13. The van der Waals surface area contributed by atoms with Crippen molar-refractivity contribution in [3.63, 3.8) is 0 Å². The zero-order valence-corrected chi connectivity index (χ0v) is 18.6. The van der Waals surface area contributed by atoms with E-state index >= 15 is 0 Å². The smallest absolute Gasteiger partial charge is 0.250 e. The van der Waals surface area contributed by atoms with Crippen LogP contribution in [0, 0.1) is 11.3 Å². The van der Waals surface area contributed by atoms with Crippen LogP contribution in [0.4, 0.5) is 5.69 Å². The molecular formula is C25H27N5O3. The van der Waals surface area contributed by atoms with Crippen LogP contribution in [0.3, 0.4) is 0 Å². The third-order valence-corrected chi connectivity index (χ3v) is 7.13. The molecule has 1 aromatic carbocycles. The van der Waals surface area contributed by atoms with Gasteiger partial charge in [0.25, 0.3) is 0 Å². The van der Waals surface area contributed by atoms with Crippen molar-refractivity contribution >= 4 is 29.5 Å². The number of hydrogen-bond donors (Lipinski definition) is 2. The largest absolute Gasteiger partial charge is 0.348 e. The van der Waals surface area contributed by atoms with Crippen molar-refractivity contribution < 1.29 is 14.4 Å². The van der Waals surface area contributed by atoms with Gasteiger partial charge in [-0.1, -0.05) is 18.2 Å². The van der Waals surface area contributed by atoms with Gasteiger partial charge in [-0.15, -0.1) is 0 Å². The number of aromatic nitrogens is 2. The van der Waals surface area contributed by atoms with Crippen LogP contribution in [-0.4, -0.2) is 45.7 Å². The summed E-state index contributed by atoms with van der Waals surface area (Å²) in [5.41, 5.74) is 2.80. The molecule has 1 aliphatic carbocycles. The number of hydrogen-bond acceptors (Lipinski definition) is 5. The normalized spacial score (nSPS) is 21.8. The van der Waals surface area contributed by atoms with Crippen LogP contribution in [0.1, 0.15) is 49.9 Å². The molecule has 2 aliphatic heterocycles. The molecule has 2 atom stereocenters. The average molecular weight is 446 g/mol. The number of fused-ring (bicyclic) bond motifs is 1. The maximum atomic E-state index is 13.2. The Kier molecular flexibility index (Phi) is 5.44. The van der Waals surface area contributed by atoms with Gasteiger partial charge in [0.2, 0.25) is 17.7 Å². The number of rotatable bonds is 4. The minimum atomic E-state index is -0.193. The molecule has 2 fully saturated rings. The molecule has 2 aromatic rings. The molecule has 1 spiro atoms. The number of nitrogens with zero attached hydrogens (tertiary/aromatic N) is 3. The fraction of sp³-hybridized carbons (Fsp3) is 0.400. The number of amides is 3. The van der Waals surface area contributed by atoms with Crippen molar-refractivity contribution in [1.82, 2.24) is 20.2 Å². The van der Waals surface area contributed by atoms with E-state index in [-0.39, 0.29) is 41.5 Å². The number of para-hydroxylation sites is 1. The average Bonchev–Trinajstić information content (AvgIpc) is 3.56. The van der Waals surface area contributed by atoms with E-state index in [1.165, 1.54) is 0 Å². The van der Waals surface area contributed by atoms with Gasteiger partial charge in [0.15, 0.2) is 0 Å². The first-order chi connectivity index (χ1) is 15.9. The molecule has 3 aliphatic rings. The Morgan fingerprint density at radius 1 is 1.21 bits per heavy atom. The summed E-state index contributed by atoms with van der Waals surface area (Å²) >= 11 is 0. The van der Waals surface area contributed by atoms with E-state index in [9.17, 15) is 14.4 Å². The van der Waals surface area contributed by atoms with Gasteiger partial charge in [-0.05, 0) is 49.3 Å². The summed E-state index contributed by atoms with van der Waals surface area (Å²) in [6.07, 6.45) is 9.24. The summed E-state index contributed by atoms with van der Waals surface area (Å²) in [5, 5.41) is 5.93. The molecule has 2 N–H and O–H groups in total. The van der Waals surface area contributed by atoms with E-state index in [1.54, 1.807) is 18.6 Å². The Bertz CT molecular complexity index is 1120. The minimum absolute atomic E-state index is 0.0231. The summed E-state index contributed by atoms with van der Waals surface area (Å²) in [4.78, 5) is 48.5. The maximum absolute atomic E-state index is 13.2. The number of piperidine rings is 1. The van der Waals surface area contributed by atoms with Crippen molar-refractivity contribution in [2.75, 3.05) is 18.4 Å². The van der Waals surface area contributed by atoms with Crippen molar-refractivity contribution in [2.24, 2.45) is 11.3 Å². The van der Waals surface area contributed by atoms with Crippen molar-refractivity contribution in [3.05, 3.63) is 59.7 Å². The fourth-order valence-electron chi connectivity index (χ4n) is 5.03. The lowest BCUT2D eigenvalue weighted by atomic mass is 9.90. The molecule has 170 valence electrons. The Balaban J connectivity index is 1.19. The van der Waals surface area contributed by atoms with Crippen LogP contribution in [0.5, 0.6) is 0 Å². The lowest BCUT2D eigenvalue weighted by molar-refractivity contribution is -0.130. The van der Waals surface area contributed by atoms with E-state index < -0.39 is 0 Å². The highest BCUT2D eigenvalue weighted by molar-refractivity contribution is 6.08. The van der Waals surface area contributed by atoms with Crippen LogP contribution in [0.25, 0.3) is 6.08 Å². The number of carbonyl (C=O) groups excluding carboxylic acids is 3. The van der Waals surface area contributed by atoms with E-state index in [0.717, 1.165) is 36.2 Å². The summed E-state index contributed by atoms with van der Waals surface area (Å²) in [6.45, 7) is 3.11. The number of benzene rings is 1. The summed E-state index contributed by atoms with van der Waals surface area (Å²) < 4.78 is 0. The quantitative estimate of drug-likeness (QED) is 0.753. The van der Waals surface area contributed by atoms with Gasteiger partial charge in [-0.2, -0.15) is 0 Å². The summed E-state index contributed by atoms with van der Waals surface area (Å²) in [6, 6.07) is 7.30. The minimum Gasteiger partial charge on any atom is -0.348 e. The molecule has 8 heteroatoms. The SMILES string of the molecule is CC(NC(=O)C1CC12CCN(C(=O)C1=Cc3ccccc3NC(=O)C1)CC2)c1cnccn1. The number of likely N-dealkylation sites (tertiary alicyclic amines) is 1. The summed E-state index contributed by atoms with van der Waals surface area (Å²) in [7, 11) is 0. The van der Waals surface area contributed by atoms with E-state index in [4.69, 9.17) is 0 Å². The van der Waals surface area contributed by atoms with Crippen LogP contribution < -0.4 is 10.6 Å². The molecule has 0 radical (unpaired) electrons. The predicted octanol–water partition coefficient (Wildman–Crippen LogP) is 2.71. The molecule has 0 bridgehead atoms. The predicted molar refractivity (Wildman–Crippen MR) is 123 cm³/mol. The standard InChI is InChI=1S/C25H27N5O3/c1-16(21-15-26-8-9-27-21)28-23(32)19-14-25(19)6-10-30(11-7-25)24(33)18-12-17-4-2-3-5-20(17)29-22(31)13-18/h2-5,8-9,12,15-16,19H,6-7,10-11,13-14H2,1H3,(H,28,32)(H,29,31). The van der Waals surface area contributed by atoms with Crippen LogP contribution in [0.15, 0.2) is 48.4 Å². The molecule has 1 aromatic heterocycles. The molecule has 3 heterocycles. The molecule has 1 saturated heterocycles. The van der Waals surface area contributed by atoms with E-state index in [0.29, 0.717) is 18.7 Å². The second kappa shape index (κ2) is 8.42. The topological polar surface area (TPSA) is 104 Å². The highest BCUT2D eigenvalue weighted by Crippen LogP contribution is 2.59. The zero-order chi connectivity index (χ0) is 23.0. The van der Waals surface area contributed by atoms with Gasteiger partial charge < -0.3 is 15.5 Å². The third kappa shape index (κ3) is 4.25. The van der Waals surface area contributed by atoms with Gasteiger partial charge in [-0.25, -0.2) is 0 Å². The molecule has 2 unspecified atom stereocenters. The molecule has 1 saturated carbocycles. The Morgan fingerprint density at radius 3 is 2.76 bits per heavy atom. The highest BCUT2D eigenvalue weighted by Gasteiger charge is 2.58. The monoisotopic (exact) mass is 445 g/mol. The van der Waals surface area contributed by atoms with Gasteiger partial charge in [0, 0.05) is 42.7 Å². The van der Waals surface area contributed by atoms with Gasteiger partial charge in [0.1, 0.15) is 0 Å². The molecule has 33 heavy (non-hydrogen) atoms. The molecule has 8 nitrogen and oxygen atoms in total. The zero-order valence-electron chi connectivity index (χ0n) is 18.6. The number of carbonyl (C=O) groups is 3. The molecular weight excluding hydrogens is 418 g/mol. The second-order valence-corrected chi connectivity index (χ2v) is 9.25. The molecule has 3 amide bonds. The van der Waals surface area contributed by atoms with Gasteiger partial charge >= 0.3 is 0 Å². The van der Waals surface area contributed by atoms with Crippen molar-refractivity contribution in [2.45, 2.75) is 38.6 Å². The first kappa shape index (κ1) is 21.3. The first-order valence-electron chi connectivity index (χ1n) is 11.4. The lowest BCUT2D eigenvalue weighted by Gasteiger charge is -2.33. The van der Waals surface area contributed by atoms with E-state index in [2.05, 4.69) is 20.6 Å². The van der Waals surface area contributed by atoms with Crippen molar-refractivity contribution in [3.8, 4) is 0 Å².